The van der Waals surface area contributed by atoms with E-state index < -0.39 is 0 Å². The molecule has 0 aromatic heterocycles. The molecule has 1 atom stereocenters. The van der Waals surface area contributed by atoms with Crippen LogP contribution in [0.1, 0.15) is 28.2 Å². The number of carbonyl (C=O) groups excluding carboxylic acids is 1. The highest BCUT2D eigenvalue weighted by molar-refractivity contribution is 5.90. The Labute approximate surface area is 107 Å². The summed E-state index contributed by atoms with van der Waals surface area (Å²) < 4.78 is 0. The van der Waals surface area contributed by atoms with E-state index in [0.29, 0.717) is 12.2 Å². The Balaban J connectivity index is 1.77. The molecule has 18 heavy (non-hydrogen) atoms. The molecule has 1 nitrogen and oxygen atoms in total. The zero-order valence-electron chi connectivity index (χ0n) is 10.5. The molecule has 0 N–H and O–H groups in total. The highest BCUT2D eigenvalue weighted by Gasteiger charge is 2.31. The zero-order chi connectivity index (χ0) is 12.5. The van der Waals surface area contributed by atoms with Gasteiger partial charge in [-0.1, -0.05) is 48.5 Å². The van der Waals surface area contributed by atoms with Crippen LogP contribution in [0.15, 0.2) is 48.5 Å². The third-order valence-corrected chi connectivity index (χ3v) is 3.87. The summed E-state index contributed by atoms with van der Waals surface area (Å²) in [7, 11) is 0. The fourth-order valence-corrected chi connectivity index (χ4v) is 2.67. The summed E-state index contributed by atoms with van der Waals surface area (Å²) in [6.45, 7) is 2.07. The van der Waals surface area contributed by atoms with Gasteiger partial charge in [0, 0.05) is 12.3 Å². The molecule has 0 bridgehead atoms. The molecule has 0 amide bonds. The summed E-state index contributed by atoms with van der Waals surface area (Å²) in [4.78, 5) is 12.3. The van der Waals surface area contributed by atoms with Crippen LogP contribution in [0.4, 0.5) is 0 Å². The van der Waals surface area contributed by atoms with Crippen molar-refractivity contribution in [2.75, 3.05) is 0 Å². The van der Waals surface area contributed by atoms with Gasteiger partial charge in [-0.25, -0.2) is 0 Å². The molecule has 0 saturated heterocycles. The Morgan fingerprint density at radius 2 is 1.83 bits per heavy atom. The van der Waals surface area contributed by atoms with E-state index in [1.807, 2.05) is 24.3 Å². The van der Waals surface area contributed by atoms with Gasteiger partial charge in [-0.3, -0.25) is 4.79 Å². The van der Waals surface area contributed by atoms with Crippen LogP contribution in [0.5, 0.6) is 0 Å². The van der Waals surface area contributed by atoms with E-state index in [1.165, 1.54) is 16.7 Å². The van der Waals surface area contributed by atoms with Crippen molar-refractivity contribution in [1.29, 1.82) is 0 Å². The first-order valence-electron chi connectivity index (χ1n) is 6.41. The Morgan fingerprint density at radius 3 is 2.61 bits per heavy atom. The molecule has 2 aromatic rings. The predicted octanol–water partition coefficient (Wildman–Crippen LogP) is 3.45. The lowest BCUT2D eigenvalue weighted by Gasteiger charge is -2.29. The number of hydrogen-bond acceptors (Lipinski definition) is 1. The first-order chi connectivity index (χ1) is 8.75. The number of ketones is 1. The Kier molecular flexibility index (Phi) is 2.75. The molecule has 1 unspecified atom stereocenters. The quantitative estimate of drug-likeness (QED) is 0.797. The fourth-order valence-electron chi connectivity index (χ4n) is 2.67. The average molecular weight is 236 g/mol. The van der Waals surface area contributed by atoms with Gasteiger partial charge in [0.1, 0.15) is 5.78 Å². The lowest BCUT2D eigenvalue weighted by atomic mass is 9.74. The molecule has 0 fully saturated rings. The lowest BCUT2D eigenvalue weighted by Crippen LogP contribution is -2.26. The molecule has 0 saturated carbocycles. The highest BCUT2D eigenvalue weighted by atomic mass is 16.1. The van der Waals surface area contributed by atoms with E-state index in [1.54, 1.807) is 0 Å². The SMILES string of the molecule is Cc1ccccc1CC(=O)C1Cc2ccccc21. The van der Waals surface area contributed by atoms with Crippen LogP contribution in [-0.4, -0.2) is 5.78 Å². The Hall–Kier alpha value is -1.89. The first-order valence-corrected chi connectivity index (χ1v) is 6.41. The predicted molar refractivity (Wildman–Crippen MR) is 72.8 cm³/mol. The number of rotatable bonds is 3. The van der Waals surface area contributed by atoms with Crippen molar-refractivity contribution < 1.29 is 4.79 Å². The maximum atomic E-state index is 12.3. The van der Waals surface area contributed by atoms with Crippen molar-refractivity contribution >= 4 is 5.78 Å². The maximum absolute atomic E-state index is 12.3. The minimum Gasteiger partial charge on any atom is -0.299 e. The topological polar surface area (TPSA) is 17.1 Å². The summed E-state index contributed by atoms with van der Waals surface area (Å²) in [5, 5.41) is 0. The van der Waals surface area contributed by atoms with Crippen LogP contribution in [0, 0.1) is 6.92 Å². The van der Waals surface area contributed by atoms with Crippen LogP contribution in [0.2, 0.25) is 0 Å². The van der Waals surface area contributed by atoms with Gasteiger partial charge in [-0.05, 0) is 35.6 Å². The smallest absolute Gasteiger partial charge is 0.145 e. The van der Waals surface area contributed by atoms with Gasteiger partial charge in [0.05, 0.1) is 0 Å². The van der Waals surface area contributed by atoms with Crippen LogP contribution < -0.4 is 0 Å². The van der Waals surface area contributed by atoms with Gasteiger partial charge in [0.25, 0.3) is 0 Å². The van der Waals surface area contributed by atoms with Gasteiger partial charge >= 0.3 is 0 Å². The molecule has 2 aromatic carbocycles. The van der Waals surface area contributed by atoms with E-state index in [9.17, 15) is 4.79 Å². The minimum absolute atomic E-state index is 0.126. The molecule has 90 valence electrons. The molecule has 1 aliphatic carbocycles. The van der Waals surface area contributed by atoms with Crippen LogP contribution in [0.25, 0.3) is 0 Å². The molecular formula is C17H16O. The van der Waals surface area contributed by atoms with Gasteiger partial charge in [0.2, 0.25) is 0 Å². The van der Waals surface area contributed by atoms with Gasteiger partial charge in [-0.15, -0.1) is 0 Å². The summed E-state index contributed by atoms with van der Waals surface area (Å²) in [6.07, 6.45) is 1.48. The van der Waals surface area contributed by atoms with E-state index in [4.69, 9.17) is 0 Å². The molecule has 0 heterocycles. The van der Waals surface area contributed by atoms with E-state index in [-0.39, 0.29) is 5.92 Å². The largest absolute Gasteiger partial charge is 0.299 e. The van der Waals surface area contributed by atoms with Gasteiger partial charge in [-0.2, -0.15) is 0 Å². The monoisotopic (exact) mass is 236 g/mol. The second-order valence-corrected chi connectivity index (χ2v) is 5.03. The van der Waals surface area contributed by atoms with Crippen molar-refractivity contribution in [3.63, 3.8) is 0 Å². The van der Waals surface area contributed by atoms with Crippen LogP contribution in [0.3, 0.4) is 0 Å². The number of Topliss-reactive ketones (excluding diaryl/α,β-unsaturated/α-hetero) is 1. The highest BCUT2D eigenvalue weighted by Crippen LogP contribution is 2.36. The van der Waals surface area contributed by atoms with Crippen LogP contribution >= 0.6 is 0 Å². The first kappa shape index (κ1) is 11.2. The normalized spacial score (nSPS) is 16.8. The maximum Gasteiger partial charge on any atom is 0.145 e. The number of hydrogen-bond donors (Lipinski definition) is 0. The van der Waals surface area contributed by atoms with Crippen molar-refractivity contribution in [2.24, 2.45) is 0 Å². The van der Waals surface area contributed by atoms with Crippen LogP contribution in [-0.2, 0) is 17.6 Å². The Bertz CT molecular complexity index is 598. The molecule has 0 radical (unpaired) electrons. The van der Waals surface area contributed by atoms with Gasteiger partial charge < -0.3 is 0 Å². The molecule has 3 rings (SSSR count). The third kappa shape index (κ3) is 1.86. The summed E-state index contributed by atoms with van der Waals surface area (Å²) in [5.74, 6) is 0.476. The number of aryl methyl sites for hydroxylation is 1. The van der Waals surface area contributed by atoms with Crippen molar-refractivity contribution in [1.82, 2.24) is 0 Å². The molecule has 1 heteroatoms. The van der Waals surface area contributed by atoms with E-state index >= 15 is 0 Å². The molecule has 0 spiro atoms. The fraction of sp³-hybridized carbons (Fsp3) is 0.235. The van der Waals surface area contributed by atoms with E-state index in [2.05, 4.69) is 31.2 Å². The second-order valence-electron chi connectivity index (χ2n) is 5.03. The lowest BCUT2D eigenvalue weighted by molar-refractivity contribution is -0.120. The Morgan fingerprint density at radius 1 is 1.11 bits per heavy atom. The van der Waals surface area contributed by atoms with Crippen molar-refractivity contribution in [3.05, 3.63) is 70.8 Å². The van der Waals surface area contributed by atoms with Gasteiger partial charge in [0.15, 0.2) is 0 Å². The van der Waals surface area contributed by atoms with Crippen molar-refractivity contribution in [3.8, 4) is 0 Å². The number of carbonyl (C=O) groups is 1. The molecule has 0 aliphatic heterocycles. The third-order valence-electron chi connectivity index (χ3n) is 3.87. The second kappa shape index (κ2) is 4.41. The summed E-state index contributed by atoms with van der Waals surface area (Å²) in [5.41, 5.74) is 4.93. The van der Waals surface area contributed by atoms with Crippen molar-refractivity contribution in [2.45, 2.75) is 25.7 Å². The van der Waals surface area contributed by atoms with E-state index in [0.717, 1.165) is 12.0 Å². The standard InChI is InChI=1S/C17H16O/c1-12-6-2-3-7-13(12)11-17(18)16-10-14-8-4-5-9-15(14)16/h2-9,16H,10-11H2,1H3. The molecule has 1 aliphatic rings. The molecular weight excluding hydrogens is 220 g/mol. The summed E-state index contributed by atoms with van der Waals surface area (Å²) in [6, 6.07) is 16.4. The minimum atomic E-state index is 0.126. The zero-order valence-corrected chi connectivity index (χ0v) is 10.5. The average Bonchev–Trinajstić information content (AvgIpc) is 2.34. The number of benzene rings is 2. The summed E-state index contributed by atoms with van der Waals surface area (Å²) >= 11 is 0. The number of fused-ring (bicyclic) bond motifs is 1.